The number of fused-ring (bicyclic) bond motifs is 1. The fraction of sp³-hybridized carbons (Fsp3) is 0.444. The Morgan fingerprint density at radius 1 is 1.20 bits per heavy atom. The van der Waals surface area contributed by atoms with Gasteiger partial charge in [-0.25, -0.2) is 4.39 Å². The van der Waals surface area contributed by atoms with E-state index >= 15 is 0 Å². The van der Waals surface area contributed by atoms with Gasteiger partial charge in [-0.1, -0.05) is 6.07 Å². The van der Waals surface area contributed by atoms with Crippen LogP contribution in [0.1, 0.15) is 18.9 Å². The number of hydrogen-bond acceptors (Lipinski definition) is 5. The van der Waals surface area contributed by atoms with E-state index in [0.29, 0.717) is 17.1 Å². The van der Waals surface area contributed by atoms with Crippen molar-refractivity contribution < 1.29 is 8.81 Å². The van der Waals surface area contributed by atoms with Crippen LogP contribution in [0.4, 0.5) is 10.4 Å². The van der Waals surface area contributed by atoms with Crippen molar-refractivity contribution in [3.05, 3.63) is 42.0 Å². The molecule has 0 saturated carbocycles. The van der Waals surface area contributed by atoms with Crippen molar-refractivity contribution in [2.75, 3.05) is 31.1 Å². The Hall–Kier alpha value is -2.41. The number of para-hydroxylation sites is 1. The van der Waals surface area contributed by atoms with Crippen molar-refractivity contribution in [1.82, 2.24) is 19.7 Å². The van der Waals surface area contributed by atoms with Crippen molar-refractivity contribution >= 4 is 17.1 Å². The van der Waals surface area contributed by atoms with Crippen molar-refractivity contribution in [2.45, 2.75) is 26.4 Å². The molecular weight excluding hydrogens is 321 g/mol. The van der Waals surface area contributed by atoms with Gasteiger partial charge in [-0.05, 0) is 25.5 Å². The molecule has 3 heterocycles. The molecule has 3 aromatic rings. The minimum atomic E-state index is -0.336. The van der Waals surface area contributed by atoms with Crippen LogP contribution in [0.15, 0.2) is 35.0 Å². The Morgan fingerprint density at radius 3 is 2.92 bits per heavy atom. The van der Waals surface area contributed by atoms with Crippen LogP contribution in [0.3, 0.4) is 0 Å². The molecule has 6 nitrogen and oxygen atoms in total. The predicted octanol–water partition coefficient (Wildman–Crippen LogP) is 2.90. The zero-order valence-corrected chi connectivity index (χ0v) is 14.4. The average Bonchev–Trinajstić information content (AvgIpc) is 3.18. The summed E-state index contributed by atoms with van der Waals surface area (Å²) in [5.41, 5.74) is 2.05. The molecule has 0 atom stereocenters. The highest BCUT2D eigenvalue weighted by molar-refractivity contribution is 5.75. The van der Waals surface area contributed by atoms with Crippen LogP contribution in [0.25, 0.3) is 11.1 Å². The first-order valence-corrected chi connectivity index (χ1v) is 8.76. The van der Waals surface area contributed by atoms with Crippen LogP contribution in [0, 0.1) is 5.82 Å². The zero-order chi connectivity index (χ0) is 17.2. The quantitative estimate of drug-likeness (QED) is 0.729. The number of halogens is 1. The van der Waals surface area contributed by atoms with Crippen LogP contribution in [-0.2, 0) is 13.1 Å². The normalized spacial score (nSPS) is 16.5. The molecule has 1 aliphatic rings. The SMILES string of the molecule is CCn1cc(CN2CCCN(c3nc4c(F)cccc4o3)CC2)cn1. The summed E-state index contributed by atoms with van der Waals surface area (Å²) in [6.07, 6.45) is 5.06. The lowest BCUT2D eigenvalue weighted by Gasteiger charge is -2.20. The maximum absolute atomic E-state index is 13.8. The summed E-state index contributed by atoms with van der Waals surface area (Å²) in [4.78, 5) is 8.88. The second kappa shape index (κ2) is 6.84. The third kappa shape index (κ3) is 3.37. The summed E-state index contributed by atoms with van der Waals surface area (Å²) in [5, 5.41) is 4.34. The van der Waals surface area contributed by atoms with E-state index in [0.717, 1.165) is 45.7 Å². The molecule has 0 amide bonds. The number of anilines is 1. The van der Waals surface area contributed by atoms with Gasteiger partial charge in [0.1, 0.15) is 5.52 Å². The first-order valence-electron chi connectivity index (χ1n) is 8.76. The molecule has 0 radical (unpaired) electrons. The summed E-state index contributed by atoms with van der Waals surface area (Å²) < 4.78 is 21.5. The summed E-state index contributed by atoms with van der Waals surface area (Å²) in [7, 11) is 0. The highest BCUT2D eigenvalue weighted by Gasteiger charge is 2.20. The minimum Gasteiger partial charge on any atom is -0.423 e. The first kappa shape index (κ1) is 16.1. The van der Waals surface area contributed by atoms with E-state index in [4.69, 9.17) is 4.42 Å². The van der Waals surface area contributed by atoms with Crippen LogP contribution in [-0.4, -0.2) is 45.8 Å². The van der Waals surface area contributed by atoms with Gasteiger partial charge in [-0.2, -0.15) is 10.1 Å². The second-order valence-corrected chi connectivity index (χ2v) is 6.40. The first-order chi connectivity index (χ1) is 12.2. The molecule has 1 fully saturated rings. The fourth-order valence-electron chi connectivity index (χ4n) is 3.28. The molecule has 4 rings (SSSR count). The van der Waals surface area contributed by atoms with Gasteiger partial charge >= 0.3 is 0 Å². The molecule has 0 aliphatic carbocycles. The van der Waals surface area contributed by atoms with E-state index in [2.05, 4.69) is 33.0 Å². The average molecular weight is 343 g/mol. The summed E-state index contributed by atoms with van der Waals surface area (Å²) in [5.74, 6) is -0.336. The zero-order valence-electron chi connectivity index (χ0n) is 14.4. The number of oxazole rings is 1. The largest absolute Gasteiger partial charge is 0.423 e. The minimum absolute atomic E-state index is 0.311. The van der Waals surface area contributed by atoms with Gasteiger partial charge in [0.25, 0.3) is 6.01 Å². The molecule has 0 bridgehead atoms. The summed E-state index contributed by atoms with van der Waals surface area (Å²) in [6.45, 7) is 7.48. The van der Waals surface area contributed by atoms with Crippen molar-refractivity contribution in [1.29, 1.82) is 0 Å². The fourth-order valence-corrected chi connectivity index (χ4v) is 3.28. The lowest BCUT2D eigenvalue weighted by atomic mass is 10.3. The molecule has 2 aromatic heterocycles. The van der Waals surface area contributed by atoms with E-state index in [1.165, 1.54) is 11.6 Å². The molecule has 1 aromatic carbocycles. The Morgan fingerprint density at radius 2 is 2.12 bits per heavy atom. The predicted molar refractivity (Wildman–Crippen MR) is 94.0 cm³/mol. The Kier molecular flexibility index (Phi) is 4.40. The Balaban J connectivity index is 1.44. The number of benzene rings is 1. The Labute approximate surface area is 145 Å². The highest BCUT2D eigenvalue weighted by Crippen LogP contribution is 2.24. The molecule has 7 heteroatoms. The summed E-state index contributed by atoms with van der Waals surface area (Å²) >= 11 is 0. The van der Waals surface area contributed by atoms with Crippen LogP contribution in [0.5, 0.6) is 0 Å². The van der Waals surface area contributed by atoms with E-state index in [-0.39, 0.29) is 5.82 Å². The molecule has 25 heavy (non-hydrogen) atoms. The maximum atomic E-state index is 13.8. The lowest BCUT2D eigenvalue weighted by Crippen LogP contribution is -2.30. The monoisotopic (exact) mass is 343 g/mol. The molecule has 0 unspecified atom stereocenters. The molecule has 1 saturated heterocycles. The van der Waals surface area contributed by atoms with Crippen molar-refractivity contribution in [3.8, 4) is 0 Å². The number of rotatable bonds is 4. The van der Waals surface area contributed by atoms with Gasteiger partial charge in [0.15, 0.2) is 11.4 Å². The number of nitrogens with zero attached hydrogens (tertiary/aromatic N) is 5. The smallest absolute Gasteiger partial charge is 0.298 e. The highest BCUT2D eigenvalue weighted by atomic mass is 19.1. The van der Waals surface area contributed by atoms with Crippen LogP contribution >= 0.6 is 0 Å². The molecular formula is C18H22FN5O. The van der Waals surface area contributed by atoms with E-state index in [9.17, 15) is 4.39 Å². The number of aromatic nitrogens is 3. The van der Waals surface area contributed by atoms with Gasteiger partial charge in [-0.3, -0.25) is 9.58 Å². The Bertz CT molecular complexity index is 858. The van der Waals surface area contributed by atoms with Crippen LogP contribution in [0.2, 0.25) is 0 Å². The number of hydrogen-bond donors (Lipinski definition) is 0. The van der Waals surface area contributed by atoms with Crippen molar-refractivity contribution in [2.24, 2.45) is 0 Å². The molecule has 0 N–H and O–H groups in total. The third-order valence-corrected chi connectivity index (χ3v) is 4.63. The van der Waals surface area contributed by atoms with Gasteiger partial charge in [-0.15, -0.1) is 0 Å². The molecule has 1 aliphatic heterocycles. The van der Waals surface area contributed by atoms with Crippen molar-refractivity contribution in [3.63, 3.8) is 0 Å². The molecule has 132 valence electrons. The maximum Gasteiger partial charge on any atom is 0.298 e. The van der Waals surface area contributed by atoms with E-state index < -0.39 is 0 Å². The standard InChI is InChI=1S/C18H22FN5O/c1-2-24-13-14(11-20-24)12-22-7-4-8-23(10-9-22)18-21-17-15(19)5-3-6-16(17)25-18/h3,5-6,11,13H,2,4,7-10,12H2,1H3. The van der Waals surface area contributed by atoms with Gasteiger partial charge in [0, 0.05) is 51.0 Å². The molecule has 0 spiro atoms. The van der Waals surface area contributed by atoms with Gasteiger partial charge < -0.3 is 9.32 Å². The second-order valence-electron chi connectivity index (χ2n) is 6.40. The van der Waals surface area contributed by atoms with E-state index in [1.54, 1.807) is 12.1 Å². The lowest BCUT2D eigenvalue weighted by molar-refractivity contribution is 0.285. The van der Waals surface area contributed by atoms with Gasteiger partial charge in [0.05, 0.1) is 6.20 Å². The van der Waals surface area contributed by atoms with E-state index in [1.807, 2.05) is 10.9 Å². The van der Waals surface area contributed by atoms with Crippen LogP contribution < -0.4 is 4.90 Å². The number of aryl methyl sites for hydroxylation is 1. The topological polar surface area (TPSA) is 50.3 Å². The van der Waals surface area contributed by atoms with Gasteiger partial charge in [0.2, 0.25) is 0 Å². The summed E-state index contributed by atoms with van der Waals surface area (Å²) in [6, 6.07) is 5.33. The third-order valence-electron chi connectivity index (χ3n) is 4.63.